The molecule has 6 nitrogen and oxygen atoms in total. The first-order valence-electron chi connectivity index (χ1n) is 7.68. The van der Waals surface area contributed by atoms with Crippen molar-refractivity contribution < 1.29 is 4.79 Å². The molecule has 7 heteroatoms. The Bertz CT molecular complexity index is 468. The summed E-state index contributed by atoms with van der Waals surface area (Å²) < 4.78 is 1.96. The van der Waals surface area contributed by atoms with Gasteiger partial charge in [0.1, 0.15) is 5.82 Å². The van der Waals surface area contributed by atoms with Gasteiger partial charge < -0.3 is 15.6 Å². The Hall–Kier alpha value is -1.08. The van der Waals surface area contributed by atoms with E-state index in [4.69, 9.17) is 5.73 Å². The van der Waals surface area contributed by atoms with Gasteiger partial charge in [0.05, 0.1) is 12.3 Å². The lowest BCUT2D eigenvalue weighted by Gasteiger charge is -2.26. The van der Waals surface area contributed by atoms with E-state index in [1.165, 1.54) is 24.6 Å². The van der Waals surface area contributed by atoms with Gasteiger partial charge in [-0.15, -0.1) is 10.2 Å². The molecule has 3 N–H and O–H groups in total. The molecule has 2 rings (SSSR count). The molecule has 0 saturated heterocycles. The van der Waals surface area contributed by atoms with Gasteiger partial charge in [-0.2, -0.15) is 0 Å². The van der Waals surface area contributed by atoms with Crippen LogP contribution in [-0.2, 0) is 17.9 Å². The maximum atomic E-state index is 12.0. The Balaban J connectivity index is 1.80. The summed E-state index contributed by atoms with van der Waals surface area (Å²) in [7, 11) is 0. The number of carbonyl (C=O) groups is 1. The van der Waals surface area contributed by atoms with E-state index < -0.39 is 0 Å². The van der Waals surface area contributed by atoms with Crippen LogP contribution in [0.15, 0.2) is 5.16 Å². The van der Waals surface area contributed by atoms with Gasteiger partial charge >= 0.3 is 0 Å². The van der Waals surface area contributed by atoms with Crippen LogP contribution in [0.5, 0.6) is 0 Å². The number of aromatic nitrogens is 3. The summed E-state index contributed by atoms with van der Waals surface area (Å²) in [6, 6.07) is 0.345. The van der Waals surface area contributed by atoms with Crippen molar-refractivity contribution in [3.63, 3.8) is 0 Å². The van der Waals surface area contributed by atoms with Crippen molar-refractivity contribution in [2.75, 3.05) is 5.75 Å². The zero-order chi connectivity index (χ0) is 15.2. The van der Waals surface area contributed by atoms with Crippen LogP contribution in [0.3, 0.4) is 0 Å². The fraction of sp³-hybridized carbons (Fsp3) is 0.786. The highest BCUT2D eigenvalue weighted by Gasteiger charge is 2.20. The highest BCUT2D eigenvalue weighted by Crippen LogP contribution is 2.23. The van der Waals surface area contributed by atoms with Crippen LogP contribution in [0.25, 0.3) is 0 Å². The lowest BCUT2D eigenvalue weighted by Crippen LogP contribution is -2.38. The Labute approximate surface area is 130 Å². The van der Waals surface area contributed by atoms with Gasteiger partial charge in [0.2, 0.25) is 5.91 Å². The van der Waals surface area contributed by atoms with Crippen molar-refractivity contribution in [3.8, 4) is 0 Å². The second-order valence-corrected chi connectivity index (χ2v) is 6.60. The van der Waals surface area contributed by atoms with Gasteiger partial charge in [0.25, 0.3) is 0 Å². The molecular weight excluding hydrogens is 286 g/mol. The van der Waals surface area contributed by atoms with E-state index in [-0.39, 0.29) is 5.91 Å². The van der Waals surface area contributed by atoms with Crippen LogP contribution in [0, 0.1) is 5.92 Å². The summed E-state index contributed by atoms with van der Waals surface area (Å²) in [5.41, 5.74) is 5.62. The molecule has 1 aliphatic rings. The number of amides is 1. The lowest BCUT2D eigenvalue weighted by molar-refractivity contribution is -0.119. The molecule has 0 aromatic carbocycles. The Morgan fingerprint density at radius 3 is 2.71 bits per heavy atom. The molecule has 0 unspecified atom stereocenters. The number of thioether (sulfide) groups is 1. The van der Waals surface area contributed by atoms with Crippen LogP contribution in [0.2, 0.25) is 0 Å². The molecule has 0 spiro atoms. The largest absolute Gasteiger partial charge is 0.353 e. The second-order valence-electron chi connectivity index (χ2n) is 5.66. The molecule has 0 atom stereocenters. The quantitative estimate of drug-likeness (QED) is 0.778. The van der Waals surface area contributed by atoms with Crippen molar-refractivity contribution in [1.29, 1.82) is 0 Å². The Kier molecular flexibility index (Phi) is 6.05. The van der Waals surface area contributed by atoms with Crippen LogP contribution in [-0.4, -0.2) is 32.5 Å². The second kappa shape index (κ2) is 7.79. The van der Waals surface area contributed by atoms with E-state index in [2.05, 4.69) is 22.4 Å². The number of hydrogen-bond acceptors (Lipinski definition) is 5. The molecule has 118 valence electrons. The molecule has 1 aromatic rings. The van der Waals surface area contributed by atoms with Crippen LogP contribution < -0.4 is 11.1 Å². The normalized spacial score (nSPS) is 22.2. The molecule has 1 saturated carbocycles. The van der Waals surface area contributed by atoms with Gasteiger partial charge in [-0.1, -0.05) is 18.7 Å². The van der Waals surface area contributed by atoms with Gasteiger partial charge in [0, 0.05) is 12.6 Å². The summed E-state index contributed by atoms with van der Waals surface area (Å²) >= 11 is 1.43. The summed E-state index contributed by atoms with van der Waals surface area (Å²) in [6.45, 7) is 5.44. The monoisotopic (exact) mass is 311 g/mol. The van der Waals surface area contributed by atoms with Crippen molar-refractivity contribution in [1.82, 2.24) is 20.1 Å². The third-order valence-electron chi connectivity index (χ3n) is 4.01. The zero-order valence-electron chi connectivity index (χ0n) is 12.8. The summed E-state index contributed by atoms with van der Waals surface area (Å²) in [6.07, 6.45) is 4.62. The summed E-state index contributed by atoms with van der Waals surface area (Å²) in [5, 5.41) is 12.0. The number of nitrogens with two attached hydrogens (primary N) is 1. The standard InChI is InChI=1S/C14H25N5OS/c1-3-19-12(8-15)17-18-14(19)21-9-13(20)16-11-6-4-10(2)5-7-11/h10-11H,3-9,15H2,1-2H3,(H,16,20). The SMILES string of the molecule is CCn1c(CN)nnc1SCC(=O)NC1CCC(C)CC1. The van der Waals surface area contributed by atoms with E-state index in [9.17, 15) is 4.79 Å². The highest BCUT2D eigenvalue weighted by atomic mass is 32.2. The zero-order valence-corrected chi connectivity index (χ0v) is 13.7. The predicted octanol–water partition coefficient (Wildman–Crippen LogP) is 1.54. The first-order chi connectivity index (χ1) is 10.1. The van der Waals surface area contributed by atoms with E-state index >= 15 is 0 Å². The maximum absolute atomic E-state index is 12.0. The van der Waals surface area contributed by atoms with Crippen molar-refractivity contribution in [2.45, 2.75) is 63.8 Å². The first kappa shape index (κ1) is 16.3. The minimum absolute atomic E-state index is 0.0829. The number of carbonyl (C=O) groups excluding carboxylic acids is 1. The Morgan fingerprint density at radius 2 is 2.10 bits per heavy atom. The third-order valence-corrected chi connectivity index (χ3v) is 4.97. The highest BCUT2D eigenvalue weighted by molar-refractivity contribution is 7.99. The minimum Gasteiger partial charge on any atom is -0.353 e. The van der Waals surface area contributed by atoms with E-state index in [1.807, 2.05) is 11.5 Å². The minimum atomic E-state index is 0.0829. The van der Waals surface area contributed by atoms with E-state index in [0.29, 0.717) is 18.3 Å². The van der Waals surface area contributed by atoms with E-state index in [1.54, 1.807) is 0 Å². The average Bonchev–Trinajstić information content (AvgIpc) is 2.89. The molecule has 1 aromatic heterocycles. The fourth-order valence-corrected chi connectivity index (χ4v) is 3.53. The van der Waals surface area contributed by atoms with E-state index in [0.717, 1.165) is 36.3 Å². The van der Waals surface area contributed by atoms with Gasteiger partial charge in [-0.3, -0.25) is 4.79 Å². The molecule has 1 fully saturated rings. The van der Waals surface area contributed by atoms with Crippen LogP contribution in [0.1, 0.15) is 45.4 Å². The fourth-order valence-electron chi connectivity index (χ4n) is 2.70. The number of hydrogen-bond donors (Lipinski definition) is 2. The van der Waals surface area contributed by atoms with Crippen LogP contribution in [0.4, 0.5) is 0 Å². The number of nitrogens with zero attached hydrogens (tertiary/aromatic N) is 3. The molecule has 21 heavy (non-hydrogen) atoms. The topological polar surface area (TPSA) is 85.8 Å². The van der Waals surface area contributed by atoms with Crippen molar-refractivity contribution in [3.05, 3.63) is 5.82 Å². The maximum Gasteiger partial charge on any atom is 0.230 e. The molecule has 1 amide bonds. The Morgan fingerprint density at radius 1 is 1.38 bits per heavy atom. The molecule has 0 radical (unpaired) electrons. The van der Waals surface area contributed by atoms with Crippen LogP contribution >= 0.6 is 11.8 Å². The third kappa shape index (κ3) is 4.44. The smallest absolute Gasteiger partial charge is 0.230 e. The number of rotatable bonds is 6. The number of nitrogens with one attached hydrogen (secondary N) is 1. The molecule has 0 bridgehead atoms. The summed E-state index contributed by atoms with van der Waals surface area (Å²) in [4.78, 5) is 12.0. The van der Waals surface area contributed by atoms with Gasteiger partial charge in [0.15, 0.2) is 5.16 Å². The van der Waals surface area contributed by atoms with Gasteiger partial charge in [-0.25, -0.2) is 0 Å². The summed E-state index contributed by atoms with van der Waals surface area (Å²) in [5.74, 6) is 2.03. The molecule has 1 aliphatic carbocycles. The van der Waals surface area contributed by atoms with Gasteiger partial charge in [-0.05, 0) is 38.5 Å². The van der Waals surface area contributed by atoms with Crippen molar-refractivity contribution in [2.24, 2.45) is 11.7 Å². The predicted molar refractivity (Wildman–Crippen MR) is 83.9 cm³/mol. The first-order valence-corrected chi connectivity index (χ1v) is 8.66. The lowest BCUT2D eigenvalue weighted by atomic mass is 9.87. The average molecular weight is 311 g/mol. The molecule has 1 heterocycles. The molecule has 0 aliphatic heterocycles. The van der Waals surface area contributed by atoms with Crippen molar-refractivity contribution >= 4 is 17.7 Å². The molecular formula is C14H25N5OS.